The van der Waals surface area contributed by atoms with E-state index < -0.39 is 0 Å². The number of nitriles is 1. The topological polar surface area (TPSA) is 92.3 Å². The van der Waals surface area contributed by atoms with Crippen LogP contribution in [0, 0.1) is 17.2 Å². The van der Waals surface area contributed by atoms with Gasteiger partial charge in [-0.2, -0.15) is 5.26 Å². The second-order valence-corrected chi connectivity index (χ2v) is 6.66. The summed E-state index contributed by atoms with van der Waals surface area (Å²) < 4.78 is 11.0. The van der Waals surface area contributed by atoms with Gasteiger partial charge in [0.15, 0.2) is 6.23 Å². The Balaban J connectivity index is 2.02. The van der Waals surface area contributed by atoms with Gasteiger partial charge in [0, 0.05) is 18.9 Å². The maximum atomic E-state index is 9.63. The summed E-state index contributed by atoms with van der Waals surface area (Å²) in [5.74, 6) is 0.562. The average Bonchev–Trinajstić information content (AvgIpc) is 2.96. The molecule has 0 aliphatic carbocycles. The van der Waals surface area contributed by atoms with E-state index >= 15 is 0 Å². The zero-order valence-electron chi connectivity index (χ0n) is 14.2. The van der Waals surface area contributed by atoms with Crippen LogP contribution >= 0.6 is 0 Å². The highest BCUT2D eigenvalue weighted by Gasteiger charge is 2.48. The molecule has 0 saturated carbocycles. The van der Waals surface area contributed by atoms with E-state index in [0.29, 0.717) is 18.1 Å². The summed E-state index contributed by atoms with van der Waals surface area (Å²) in [4.78, 5) is 0. The number of nitrogens with one attached hydrogen (secondary N) is 2. The van der Waals surface area contributed by atoms with E-state index in [0.717, 1.165) is 5.56 Å². The van der Waals surface area contributed by atoms with E-state index in [9.17, 15) is 5.26 Å². The van der Waals surface area contributed by atoms with Crippen molar-refractivity contribution in [1.82, 2.24) is 10.9 Å². The first-order valence-corrected chi connectivity index (χ1v) is 8.23. The lowest BCUT2D eigenvalue weighted by molar-refractivity contribution is 0.0279. The molecule has 24 heavy (non-hydrogen) atoms. The van der Waals surface area contributed by atoms with Crippen molar-refractivity contribution in [2.75, 3.05) is 13.7 Å². The van der Waals surface area contributed by atoms with Crippen molar-refractivity contribution in [3.05, 3.63) is 46.8 Å². The molecule has 2 aliphatic heterocycles. The molecule has 6 heteroatoms. The molecule has 1 fully saturated rings. The summed E-state index contributed by atoms with van der Waals surface area (Å²) in [6.07, 6.45) is -0.281. The Labute approximate surface area is 142 Å². The van der Waals surface area contributed by atoms with Gasteiger partial charge in [0.25, 0.3) is 0 Å². The third-order valence-corrected chi connectivity index (χ3v) is 4.87. The van der Waals surface area contributed by atoms with Gasteiger partial charge in [0.1, 0.15) is 6.07 Å². The molecule has 1 saturated heterocycles. The summed E-state index contributed by atoms with van der Waals surface area (Å²) >= 11 is 0. The predicted molar refractivity (Wildman–Crippen MR) is 90.4 cm³/mol. The molecule has 0 spiro atoms. The molecule has 1 aromatic rings. The summed E-state index contributed by atoms with van der Waals surface area (Å²) in [6, 6.07) is 10.7. The van der Waals surface area contributed by atoms with E-state index in [1.807, 2.05) is 0 Å². The molecular formula is C18H24N4O2. The van der Waals surface area contributed by atoms with Crippen LogP contribution in [0.1, 0.15) is 36.8 Å². The Morgan fingerprint density at radius 1 is 1.29 bits per heavy atom. The first kappa shape index (κ1) is 16.8. The molecule has 0 amide bonds. The van der Waals surface area contributed by atoms with Crippen LogP contribution in [-0.2, 0) is 9.47 Å². The Morgan fingerprint density at radius 3 is 2.58 bits per heavy atom. The minimum atomic E-state index is -0.281. The van der Waals surface area contributed by atoms with Crippen molar-refractivity contribution >= 4 is 0 Å². The maximum Gasteiger partial charge on any atom is 0.200 e. The smallest absolute Gasteiger partial charge is 0.200 e. The van der Waals surface area contributed by atoms with Crippen molar-refractivity contribution in [3.63, 3.8) is 0 Å². The molecule has 3 rings (SSSR count). The second-order valence-electron chi connectivity index (χ2n) is 6.66. The molecule has 128 valence electrons. The minimum Gasteiger partial charge on any atom is -0.458 e. The molecular weight excluding hydrogens is 304 g/mol. The summed E-state index contributed by atoms with van der Waals surface area (Å²) in [7, 11) is 1.67. The van der Waals surface area contributed by atoms with Crippen LogP contribution in [0.2, 0.25) is 0 Å². The number of hydrazine groups is 1. The molecule has 4 N–H and O–H groups in total. The summed E-state index contributed by atoms with van der Waals surface area (Å²) in [6.45, 7) is 4.85. The van der Waals surface area contributed by atoms with Gasteiger partial charge in [-0.25, -0.2) is 10.9 Å². The van der Waals surface area contributed by atoms with E-state index in [4.69, 9.17) is 15.2 Å². The molecule has 2 heterocycles. The maximum absolute atomic E-state index is 9.63. The number of hydrogen-bond acceptors (Lipinski definition) is 6. The van der Waals surface area contributed by atoms with Crippen LogP contribution in [0.4, 0.5) is 0 Å². The van der Waals surface area contributed by atoms with Crippen molar-refractivity contribution in [2.45, 2.75) is 38.0 Å². The summed E-state index contributed by atoms with van der Waals surface area (Å²) in [5, 5.41) is 9.63. The van der Waals surface area contributed by atoms with Crippen LogP contribution in [0.5, 0.6) is 0 Å². The number of hydrogen-bond donors (Lipinski definition) is 3. The zero-order valence-corrected chi connectivity index (χ0v) is 14.2. The van der Waals surface area contributed by atoms with E-state index in [1.54, 1.807) is 7.11 Å². The summed E-state index contributed by atoms with van der Waals surface area (Å²) in [5.41, 5.74) is 15.2. The third-order valence-electron chi connectivity index (χ3n) is 4.87. The molecule has 4 unspecified atom stereocenters. The highest BCUT2D eigenvalue weighted by Crippen LogP contribution is 2.42. The lowest BCUT2D eigenvalue weighted by Gasteiger charge is -2.35. The number of methoxy groups -OCH3 is 1. The SMILES string of the molecule is COCC1NNC2OC(N)=C(C#N)C(c3ccc(C(C)C)cc3)C12. The van der Waals surface area contributed by atoms with Crippen LogP contribution < -0.4 is 16.6 Å². The van der Waals surface area contributed by atoms with Gasteiger partial charge in [0.2, 0.25) is 5.88 Å². The first-order chi connectivity index (χ1) is 11.6. The zero-order chi connectivity index (χ0) is 17.3. The van der Waals surface area contributed by atoms with E-state index in [2.05, 4.69) is 55.0 Å². The number of nitrogens with zero attached hydrogens (tertiary/aromatic N) is 1. The lowest BCUT2D eigenvalue weighted by Crippen LogP contribution is -2.42. The van der Waals surface area contributed by atoms with Gasteiger partial charge >= 0.3 is 0 Å². The molecule has 2 aliphatic rings. The Morgan fingerprint density at radius 2 is 2.00 bits per heavy atom. The highest BCUT2D eigenvalue weighted by atomic mass is 16.5. The third kappa shape index (κ3) is 2.86. The van der Waals surface area contributed by atoms with Gasteiger partial charge in [0.05, 0.1) is 18.2 Å². The number of allylic oxidation sites excluding steroid dienone is 1. The molecule has 4 atom stereocenters. The predicted octanol–water partition coefficient (Wildman–Crippen LogP) is 1.68. The van der Waals surface area contributed by atoms with Crippen LogP contribution in [0.25, 0.3) is 0 Å². The number of benzene rings is 1. The molecule has 0 radical (unpaired) electrons. The Hall–Kier alpha value is -2.07. The molecule has 0 aromatic heterocycles. The Kier molecular flexibility index (Phi) is 4.76. The van der Waals surface area contributed by atoms with E-state index in [-0.39, 0.29) is 30.0 Å². The fourth-order valence-corrected chi connectivity index (χ4v) is 3.59. The van der Waals surface area contributed by atoms with E-state index in [1.165, 1.54) is 5.56 Å². The Bertz CT molecular complexity index is 663. The van der Waals surface area contributed by atoms with Crippen molar-refractivity contribution in [2.24, 2.45) is 11.7 Å². The second kappa shape index (κ2) is 6.81. The van der Waals surface area contributed by atoms with Crippen LogP contribution in [0.3, 0.4) is 0 Å². The number of ether oxygens (including phenoxy) is 2. The standard InChI is InChI=1S/C18H24N4O2/c1-10(2)11-4-6-12(7-5-11)15-13(8-19)17(20)24-18-16(15)14(9-23-3)21-22-18/h4-7,10,14-16,18,21-22H,9,20H2,1-3H3. The number of fused-ring (bicyclic) bond motifs is 1. The highest BCUT2D eigenvalue weighted by molar-refractivity contribution is 5.42. The largest absolute Gasteiger partial charge is 0.458 e. The number of rotatable bonds is 4. The fourth-order valence-electron chi connectivity index (χ4n) is 3.59. The van der Waals surface area contributed by atoms with Gasteiger partial charge in [-0.1, -0.05) is 38.1 Å². The quantitative estimate of drug-likeness (QED) is 0.779. The van der Waals surface area contributed by atoms with Crippen molar-refractivity contribution in [1.29, 1.82) is 5.26 Å². The normalized spacial score (nSPS) is 29.3. The van der Waals surface area contributed by atoms with Crippen molar-refractivity contribution in [3.8, 4) is 6.07 Å². The van der Waals surface area contributed by atoms with Gasteiger partial charge in [-0.3, -0.25) is 0 Å². The first-order valence-electron chi connectivity index (χ1n) is 8.23. The average molecular weight is 328 g/mol. The van der Waals surface area contributed by atoms with Gasteiger partial charge in [-0.15, -0.1) is 0 Å². The number of nitrogens with two attached hydrogens (primary N) is 1. The fraction of sp³-hybridized carbons (Fsp3) is 0.500. The molecule has 6 nitrogen and oxygen atoms in total. The van der Waals surface area contributed by atoms with Gasteiger partial charge < -0.3 is 15.2 Å². The lowest BCUT2D eigenvalue weighted by atomic mass is 9.75. The molecule has 0 bridgehead atoms. The van der Waals surface area contributed by atoms with Crippen molar-refractivity contribution < 1.29 is 9.47 Å². The monoisotopic (exact) mass is 328 g/mol. The minimum absolute atomic E-state index is 0.0248. The van der Waals surface area contributed by atoms with Gasteiger partial charge in [-0.05, 0) is 17.0 Å². The molecule has 1 aromatic carbocycles. The van der Waals surface area contributed by atoms with Crippen LogP contribution in [0.15, 0.2) is 35.7 Å². The van der Waals surface area contributed by atoms with Crippen LogP contribution in [-0.4, -0.2) is 26.0 Å².